The van der Waals surface area contributed by atoms with Gasteiger partial charge in [-0.25, -0.2) is 14.1 Å². The largest absolute Gasteiger partial charge is 0.335 e. The lowest BCUT2D eigenvalue weighted by Crippen LogP contribution is -2.34. The fraction of sp³-hybridized carbons (Fsp3) is 0.400. The quantitative estimate of drug-likeness (QED) is 0.703. The van der Waals surface area contributed by atoms with Gasteiger partial charge in [0, 0.05) is 49.7 Å². The van der Waals surface area contributed by atoms with Gasteiger partial charge in [0.1, 0.15) is 17.3 Å². The number of rotatable bonds is 5. The maximum Gasteiger partial charge on any atom is 0.148 e. The van der Waals surface area contributed by atoms with E-state index in [4.69, 9.17) is 0 Å². The molecule has 0 unspecified atom stereocenters. The number of piperidine rings is 1. The van der Waals surface area contributed by atoms with E-state index in [1.807, 2.05) is 24.7 Å². The number of para-hydroxylation sites is 1. The Labute approximate surface area is 153 Å². The zero-order valence-electron chi connectivity index (χ0n) is 15.1. The molecule has 0 saturated carbocycles. The van der Waals surface area contributed by atoms with E-state index in [0.717, 1.165) is 31.7 Å². The van der Waals surface area contributed by atoms with Gasteiger partial charge in [-0.1, -0.05) is 12.1 Å². The number of halogens is 1. The van der Waals surface area contributed by atoms with Gasteiger partial charge in [0.2, 0.25) is 0 Å². The third-order valence-electron chi connectivity index (χ3n) is 5.10. The molecular formula is C20H24FN5. The molecule has 1 aromatic carbocycles. The second-order valence-corrected chi connectivity index (χ2v) is 6.89. The summed E-state index contributed by atoms with van der Waals surface area (Å²) in [5.74, 6) is 1.41. The number of imidazole rings is 1. The van der Waals surface area contributed by atoms with E-state index in [0.29, 0.717) is 11.6 Å². The fourth-order valence-corrected chi connectivity index (χ4v) is 3.83. The van der Waals surface area contributed by atoms with Crippen molar-refractivity contribution in [3.63, 3.8) is 0 Å². The minimum Gasteiger partial charge on any atom is -0.335 e. The van der Waals surface area contributed by atoms with Crippen LogP contribution >= 0.6 is 0 Å². The zero-order chi connectivity index (χ0) is 17.9. The van der Waals surface area contributed by atoms with Crippen molar-refractivity contribution in [2.24, 2.45) is 0 Å². The van der Waals surface area contributed by atoms with E-state index in [9.17, 15) is 4.39 Å². The van der Waals surface area contributed by atoms with Gasteiger partial charge in [-0.05, 0) is 38.4 Å². The van der Waals surface area contributed by atoms with Crippen molar-refractivity contribution in [2.75, 3.05) is 13.1 Å². The minimum absolute atomic E-state index is 0.258. The summed E-state index contributed by atoms with van der Waals surface area (Å²) in [6.07, 6.45) is 10.1. The molecule has 0 N–H and O–H groups in total. The molecule has 0 radical (unpaired) electrons. The van der Waals surface area contributed by atoms with Crippen LogP contribution in [0, 0.1) is 5.82 Å². The molecule has 136 valence electrons. The van der Waals surface area contributed by atoms with Crippen LogP contribution in [0.1, 0.15) is 37.1 Å². The Hall–Kier alpha value is -2.47. The minimum atomic E-state index is -0.258. The highest BCUT2D eigenvalue weighted by molar-refractivity contribution is 5.32. The molecule has 5 nitrogen and oxygen atoms in total. The smallest absolute Gasteiger partial charge is 0.148 e. The second kappa shape index (κ2) is 7.41. The highest BCUT2D eigenvalue weighted by Gasteiger charge is 2.24. The van der Waals surface area contributed by atoms with E-state index >= 15 is 0 Å². The Balaban J connectivity index is 1.45. The van der Waals surface area contributed by atoms with Crippen LogP contribution in [0.3, 0.4) is 0 Å². The van der Waals surface area contributed by atoms with Crippen molar-refractivity contribution in [3.05, 3.63) is 66.3 Å². The van der Waals surface area contributed by atoms with Gasteiger partial charge in [-0.15, -0.1) is 0 Å². The van der Waals surface area contributed by atoms with Crippen LogP contribution in [-0.2, 0) is 13.1 Å². The van der Waals surface area contributed by atoms with Crippen LogP contribution in [0.15, 0.2) is 49.1 Å². The number of aryl methyl sites for hydroxylation is 1. The molecule has 1 aliphatic heterocycles. The molecule has 1 atom stereocenters. The molecular weight excluding hydrogens is 329 g/mol. The number of nitrogens with zero attached hydrogens (tertiary/aromatic N) is 5. The van der Waals surface area contributed by atoms with Crippen LogP contribution in [-0.4, -0.2) is 37.3 Å². The molecule has 3 aromatic rings. The molecule has 6 heteroatoms. The molecule has 4 rings (SSSR count). The van der Waals surface area contributed by atoms with Gasteiger partial charge < -0.3 is 4.57 Å². The average molecular weight is 353 g/mol. The van der Waals surface area contributed by atoms with Gasteiger partial charge in [0.25, 0.3) is 0 Å². The summed E-state index contributed by atoms with van der Waals surface area (Å²) in [5.41, 5.74) is 1.59. The first-order valence-corrected chi connectivity index (χ1v) is 9.26. The number of hydrogen-bond donors (Lipinski definition) is 0. The highest BCUT2D eigenvalue weighted by Crippen LogP contribution is 2.27. The van der Waals surface area contributed by atoms with Crippen molar-refractivity contribution in [2.45, 2.75) is 38.8 Å². The lowest BCUT2D eigenvalue weighted by molar-refractivity contribution is 0.195. The average Bonchev–Trinajstić information content (AvgIpc) is 3.31. The van der Waals surface area contributed by atoms with Crippen molar-refractivity contribution >= 4 is 0 Å². The fourth-order valence-electron chi connectivity index (χ4n) is 3.83. The summed E-state index contributed by atoms with van der Waals surface area (Å²) < 4.78 is 17.8. The summed E-state index contributed by atoms with van der Waals surface area (Å²) in [4.78, 5) is 7.03. The molecule has 0 spiro atoms. The van der Waals surface area contributed by atoms with E-state index in [2.05, 4.69) is 32.7 Å². The summed E-state index contributed by atoms with van der Waals surface area (Å²) >= 11 is 0. The zero-order valence-corrected chi connectivity index (χ0v) is 15.1. The maximum atomic E-state index is 13.9. The Kier molecular flexibility index (Phi) is 4.84. The summed E-state index contributed by atoms with van der Waals surface area (Å²) in [6.45, 7) is 6.03. The Bertz CT molecular complexity index is 868. The normalized spacial score (nSPS) is 18.3. The number of likely N-dealkylation sites (tertiary alicyclic amines) is 1. The molecule has 2 aromatic heterocycles. The number of aromatic nitrogens is 4. The van der Waals surface area contributed by atoms with Gasteiger partial charge in [0.15, 0.2) is 0 Å². The Morgan fingerprint density at radius 2 is 2.15 bits per heavy atom. The first-order valence-electron chi connectivity index (χ1n) is 9.26. The van der Waals surface area contributed by atoms with Crippen molar-refractivity contribution in [1.29, 1.82) is 0 Å². The third-order valence-corrected chi connectivity index (χ3v) is 5.10. The van der Waals surface area contributed by atoms with E-state index in [-0.39, 0.29) is 5.82 Å². The lowest BCUT2D eigenvalue weighted by atomic mass is 9.97. The first-order chi connectivity index (χ1) is 12.7. The van der Waals surface area contributed by atoms with Crippen LogP contribution in [0.2, 0.25) is 0 Å². The van der Waals surface area contributed by atoms with Crippen LogP contribution in [0.4, 0.5) is 4.39 Å². The van der Waals surface area contributed by atoms with Crippen LogP contribution in [0.25, 0.3) is 5.69 Å². The molecule has 0 aliphatic carbocycles. The molecule has 1 saturated heterocycles. The third kappa shape index (κ3) is 3.42. The predicted molar refractivity (Wildman–Crippen MR) is 98.7 cm³/mol. The molecule has 0 amide bonds. The van der Waals surface area contributed by atoms with Crippen LogP contribution in [0.5, 0.6) is 0 Å². The summed E-state index contributed by atoms with van der Waals surface area (Å²) in [6, 6.07) is 6.72. The SMILES string of the molecule is CCn1ccnc1[C@H]1CCCN(Cc2cnn(-c3ccccc3F)c2)C1. The standard InChI is InChI=1S/C20H24FN5/c1-2-25-11-9-22-20(25)17-6-5-10-24(15-17)13-16-12-23-26(14-16)19-8-4-3-7-18(19)21/h3-4,7-9,11-12,14,17H,2,5-6,10,13,15H2,1H3/t17-/m0/s1. The van der Waals surface area contributed by atoms with E-state index in [1.54, 1.807) is 16.8 Å². The summed E-state index contributed by atoms with van der Waals surface area (Å²) in [7, 11) is 0. The van der Waals surface area contributed by atoms with E-state index < -0.39 is 0 Å². The lowest BCUT2D eigenvalue weighted by Gasteiger charge is -2.32. The molecule has 0 bridgehead atoms. The maximum absolute atomic E-state index is 13.9. The monoisotopic (exact) mass is 353 g/mol. The first kappa shape index (κ1) is 17.0. The topological polar surface area (TPSA) is 38.9 Å². The Morgan fingerprint density at radius 3 is 3.00 bits per heavy atom. The molecule has 26 heavy (non-hydrogen) atoms. The van der Waals surface area contributed by atoms with Crippen molar-refractivity contribution in [3.8, 4) is 5.69 Å². The van der Waals surface area contributed by atoms with Crippen molar-refractivity contribution < 1.29 is 4.39 Å². The van der Waals surface area contributed by atoms with Crippen LogP contribution < -0.4 is 0 Å². The number of hydrogen-bond acceptors (Lipinski definition) is 3. The molecule has 1 aliphatic rings. The van der Waals surface area contributed by atoms with Crippen molar-refractivity contribution in [1.82, 2.24) is 24.2 Å². The van der Waals surface area contributed by atoms with Gasteiger partial charge in [-0.2, -0.15) is 5.10 Å². The van der Waals surface area contributed by atoms with Gasteiger partial charge in [-0.3, -0.25) is 4.90 Å². The highest BCUT2D eigenvalue weighted by atomic mass is 19.1. The van der Waals surface area contributed by atoms with Gasteiger partial charge >= 0.3 is 0 Å². The molecule has 1 fully saturated rings. The number of benzene rings is 1. The Morgan fingerprint density at radius 1 is 1.27 bits per heavy atom. The summed E-state index contributed by atoms with van der Waals surface area (Å²) in [5, 5.41) is 4.34. The second-order valence-electron chi connectivity index (χ2n) is 6.89. The predicted octanol–water partition coefficient (Wildman–Crippen LogP) is 3.61. The van der Waals surface area contributed by atoms with Gasteiger partial charge in [0.05, 0.1) is 6.20 Å². The van der Waals surface area contributed by atoms with E-state index in [1.165, 1.54) is 24.7 Å². The molecule has 3 heterocycles.